The van der Waals surface area contributed by atoms with Gasteiger partial charge in [0.25, 0.3) is 0 Å². The van der Waals surface area contributed by atoms with Gasteiger partial charge in [-0.2, -0.15) is 0 Å². The maximum absolute atomic E-state index is 9.01. The molecule has 0 amide bonds. The molecule has 0 fully saturated rings. The zero-order chi connectivity index (χ0) is 13.0. The standard InChI is InChI=1S/C14H15NO3/c1-10-7-11(9-16)8-15-14(10)18-13-5-3-12(17-2)4-6-13/h3-8,16H,9H2,1-2H3. The Bertz CT molecular complexity index is 523. The van der Waals surface area contributed by atoms with Crippen molar-refractivity contribution in [1.82, 2.24) is 4.98 Å². The minimum Gasteiger partial charge on any atom is -0.497 e. The van der Waals surface area contributed by atoms with E-state index in [0.717, 1.165) is 16.9 Å². The number of aliphatic hydroxyl groups is 1. The van der Waals surface area contributed by atoms with Gasteiger partial charge in [-0.3, -0.25) is 0 Å². The molecule has 1 aromatic carbocycles. The average Bonchev–Trinajstić information content (AvgIpc) is 2.42. The van der Waals surface area contributed by atoms with Gasteiger partial charge in [-0.05, 0) is 42.8 Å². The van der Waals surface area contributed by atoms with E-state index in [4.69, 9.17) is 14.6 Å². The van der Waals surface area contributed by atoms with E-state index in [1.165, 1.54) is 0 Å². The molecule has 0 saturated carbocycles. The molecule has 1 N–H and O–H groups in total. The van der Waals surface area contributed by atoms with Crippen LogP contribution in [-0.4, -0.2) is 17.2 Å². The Morgan fingerprint density at radius 3 is 2.39 bits per heavy atom. The minimum absolute atomic E-state index is 0.0172. The molecule has 0 bridgehead atoms. The van der Waals surface area contributed by atoms with Crippen molar-refractivity contribution in [2.75, 3.05) is 7.11 Å². The van der Waals surface area contributed by atoms with Crippen molar-refractivity contribution in [2.45, 2.75) is 13.5 Å². The van der Waals surface area contributed by atoms with Crippen LogP contribution in [0.1, 0.15) is 11.1 Å². The molecular formula is C14H15NO3. The molecule has 2 aromatic rings. The normalized spacial score (nSPS) is 10.2. The molecule has 4 nitrogen and oxygen atoms in total. The first-order chi connectivity index (χ1) is 8.72. The lowest BCUT2D eigenvalue weighted by atomic mass is 10.2. The van der Waals surface area contributed by atoms with Gasteiger partial charge in [-0.25, -0.2) is 4.98 Å². The summed E-state index contributed by atoms with van der Waals surface area (Å²) in [6.45, 7) is 1.88. The second kappa shape index (κ2) is 5.51. The van der Waals surface area contributed by atoms with E-state index in [9.17, 15) is 0 Å². The number of hydrogen-bond donors (Lipinski definition) is 1. The third-order valence-electron chi connectivity index (χ3n) is 2.54. The maximum atomic E-state index is 9.01. The number of aryl methyl sites for hydroxylation is 1. The van der Waals surface area contributed by atoms with E-state index < -0.39 is 0 Å². The lowest BCUT2D eigenvalue weighted by Crippen LogP contribution is -1.94. The first-order valence-electron chi connectivity index (χ1n) is 5.61. The smallest absolute Gasteiger partial charge is 0.222 e. The zero-order valence-corrected chi connectivity index (χ0v) is 10.4. The fourth-order valence-electron chi connectivity index (χ4n) is 1.57. The van der Waals surface area contributed by atoms with Crippen molar-refractivity contribution < 1.29 is 14.6 Å². The molecule has 0 saturated heterocycles. The highest BCUT2D eigenvalue weighted by molar-refractivity contribution is 5.36. The molecule has 0 aliphatic rings. The number of methoxy groups -OCH3 is 1. The van der Waals surface area contributed by atoms with Gasteiger partial charge < -0.3 is 14.6 Å². The van der Waals surface area contributed by atoms with Crippen molar-refractivity contribution >= 4 is 0 Å². The maximum Gasteiger partial charge on any atom is 0.222 e. The summed E-state index contributed by atoms with van der Waals surface area (Å²) in [4.78, 5) is 4.17. The lowest BCUT2D eigenvalue weighted by Gasteiger charge is -2.08. The van der Waals surface area contributed by atoms with E-state index in [1.54, 1.807) is 13.3 Å². The summed E-state index contributed by atoms with van der Waals surface area (Å²) in [5.74, 6) is 2.02. The topological polar surface area (TPSA) is 51.6 Å². The molecule has 94 valence electrons. The number of aromatic nitrogens is 1. The predicted octanol–water partition coefficient (Wildman–Crippen LogP) is 2.68. The van der Waals surface area contributed by atoms with Crippen LogP contribution in [0.25, 0.3) is 0 Å². The molecule has 0 radical (unpaired) electrons. The largest absolute Gasteiger partial charge is 0.497 e. The van der Waals surface area contributed by atoms with Crippen LogP contribution < -0.4 is 9.47 Å². The quantitative estimate of drug-likeness (QED) is 0.899. The fourth-order valence-corrected chi connectivity index (χ4v) is 1.57. The minimum atomic E-state index is -0.0172. The molecular weight excluding hydrogens is 230 g/mol. The van der Waals surface area contributed by atoms with E-state index in [-0.39, 0.29) is 6.61 Å². The van der Waals surface area contributed by atoms with Crippen LogP contribution in [0.15, 0.2) is 36.5 Å². The van der Waals surface area contributed by atoms with Crippen molar-refractivity contribution in [3.05, 3.63) is 47.7 Å². The van der Waals surface area contributed by atoms with Crippen molar-refractivity contribution in [2.24, 2.45) is 0 Å². The van der Waals surface area contributed by atoms with Crippen LogP contribution in [0.4, 0.5) is 0 Å². The van der Waals surface area contributed by atoms with Gasteiger partial charge in [0.15, 0.2) is 0 Å². The Labute approximate surface area is 106 Å². The summed E-state index contributed by atoms with van der Waals surface area (Å²) in [5, 5.41) is 9.01. The second-order valence-corrected chi connectivity index (χ2v) is 3.90. The van der Waals surface area contributed by atoms with E-state index in [1.807, 2.05) is 37.3 Å². The first-order valence-corrected chi connectivity index (χ1v) is 5.61. The van der Waals surface area contributed by atoms with Crippen LogP contribution in [0.3, 0.4) is 0 Å². The Morgan fingerprint density at radius 1 is 1.17 bits per heavy atom. The second-order valence-electron chi connectivity index (χ2n) is 3.90. The number of aliphatic hydroxyl groups excluding tert-OH is 1. The highest BCUT2D eigenvalue weighted by atomic mass is 16.5. The van der Waals surface area contributed by atoms with Crippen molar-refractivity contribution in [3.8, 4) is 17.4 Å². The van der Waals surface area contributed by atoms with Gasteiger partial charge in [0.2, 0.25) is 5.88 Å². The third kappa shape index (κ3) is 2.78. The van der Waals surface area contributed by atoms with E-state index in [2.05, 4.69) is 4.98 Å². The Balaban J connectivity index is 2.17. The van der Waals surface area contributed by atoms with E-state index in [0.29, 0.717) is 11.6 Å². The number of nitrogens with zero attached hydrogens (tertiary/aromatic N) is 1. The molecule has 0 aliphatic heterocycles. The first kappa shape index (κ1) is 12.4. The predicted molar refractivity (Wildman–Crippen MR) is 68.0 cm³/mol. The van der Waals surface area contributed by atoms with E-state index >= 15 is 0 Å². The van der Waals surface area contributed by atoms with Crippen LogP contribution in [0.5, 0.6) is 17.4 Å². The number of ether oxygens (including phenoxy) is 2. The Hall–Kier alpha value is -2.07. The molecule has 1 heterocycles. The lowest BCUT2D eigenvalue weighted by molar-refractivity contribution is 0.281. The molecule has 4 heteroatoms. The fraction of sp³-hybridized carbons (Fsp3) is 0.214. The average molecular weight is 245 g/mol. The molecule has 0 unspecified atom stereocenters. The molecule has 0 spiro atoms. The highest BCUT2D eigenvalue weighted by Crippen LogP contribution is 2.25. The van der Waals surface area contributed by atoms with Gasteiger partial charge >= 0.3 is 0 Å². The van der Waals surface area contributed by atoms with Gasteiger partial charge in [-0.15, -0.1) is 0 Å². The molecule has 18 heavy (non-hydrogen) atoms. The molecule has 2 rings (SSSR count). The van der Waals surface area contributed by atoms with Crippen LogP contribution in [0, 0.1) is 6.92 Å². The summed E-state index contributed by atoms with van der Waals surface area (Å²) >= 11 is 0. The summed E-state index contributed by atoms with van der Waals surface area (Å²) in [6.07, 6.45) is 1.60. The third-order valence-corrected chi connectivity index (χ3v) is 2.54. The Morgan fingerprint density at radius 2 is 1.83 bits per heavy atom. The summed E-state index contributed by atoms with van der Waals surface area (Å²) in [5.41, 5.74) is 1.66. The van der Waals surface area contributed by atoms with Gasteiger partial charge in [0, 0.05) is 11.8 Å². The van der Waals surface area contributed by atoms with Crippen LogP contribution >= 0.6 is 0 Å². The summed E-state index contributed by atoms with van der Waals surface area (Å²) < 4.78 is 10.7. The number of benzene rings is 1. The Kier molecular flexibility index (Phi) is 3.79. The van der Waals surface area contributed by atoms with Crippen molar-refractivity contribution in [1.29, 1.82) is 0 Å². The van der Waals surface area contributed by atoms with Crippen molar-refractivity contribution in [3.63, 3.8) is 0 Å². The molecule has 1 aromatic heterocycles. The number of pyridine rings is 1. The highest BCUT2D eigenvalue weighted by Gasteiger charge is 2.04. The molecule has 0 atom stereocenters. The number of hydrogen-bond acceptors (Lipinski definition) is 4. The van der Waals surface area contributed by atoms with Gasteiger partial charge in [0.1, 0.15) is 11.5 Å². The van der Waals surface area contributed by atoms with Crippen LogP contribution in [-0.2, 0) is 6.61 Å². The van der Waals surface area contributed by atoms with Gasteiger partial charge in [0.05, 0.1) is 13.7 Å². The number of rotatable bonds is 4. The monoisotopic (exact) mass is 245 g/mol. The zero-order valence-electron chi connectivity index (χ0n) is 10.4. The SMILES string of the molecule is COc1ccc(Oc2ncc(CO)cc2C)cc1. The van der Waals surface area contributed by atoms with Crippen LogP contribution in [0.2, 0.25) is 0 Å². The molecule has 0 aliphatic carbocycles. The summed E-state index contributed by atoms with van der Waals surface area (Å²) in [7, 11) is 1.62. The summed E-state index contributed by atoms with van der Waals surface area (Å²) in [6, 6.07) is 9.14. The van der Waals surface area contributed by atoms with Gasteiger partial charge in [-0.1, -0.05) is 0 Å².